The van der Waals surface area contributed by atoms with Gasteiger partial charge in [0.2, 0.25) is 0 Å². The molecule has 2 nitrogen and oxygen atoms in total. The summed E-state index contributed by atoms with van der Waals surface area (Å²) in [7, 11) is 0. The summed E-state index contributed by atoms with van der Waals surface area (Å²) in [6.07, 6.45) is 10.3. The lowest BCUT2D eigenvalue weighted by atomic mass is 9.58. The largest absolute Gasteiger partial charge is 0.384 e. The Labute approximate surface area is 140 Å². The lowest BCUT2D eigenvalue weighted by molar-refractivity contribution is -0.00223. The number of nitrogens with zero attached hydrogens (tertiary/aromatic N) is 1. The molecule has 0 radical (unpaired) electrons. The van der Waals surface area contributed by atoms with Gasteiger partial charge in [0.15, 0.2) is 0 Å². The average Bonchev–Trinajstić information content (AvgIpc) is 2.94. The number of rotatable bonds is 2. The number of hydrogen-bond acceptors (Lipinski definition) is 2. The number of hydrogen-bond donors (Lipinski definition) is 1. The molecule has 2 heteroatoms. The standard InChI is InChI=1S/C21H30N2/c1-2-6-18-16(5-1)13-17(18)14-23-11-9-21(10-12-23)15-22-20-8-4-3-7-19(20)21/h3-4,7-8,16-18,22H,1-2,5-6,9-15H2. The fraction of sp³-hybridized carbons (Fsp3) is 0.714. The van der Waals surface area contributed by atoms with E-state index in [1.54, 1.807) is 5.56 Å². The van der Waals surface area contributed by atoms with Gasteiger partial charge >= 0.3 is 0 Å². The topological polar surface area (TPSA) is 15.3 Å². The molecule has 2 saturated carbocycles. The second kappa shape index (κ2) is 5.51. The first-order chi connectivity index (χ1) is 11.3. The molecule has 3 fully saturated rings. The molecule has 124 valence electrons. The molecule has 5 rings (SSSR count). The lowest BCUT2D eigenvalue weighted by Gasteiger charge is -2.51. The van der Waals surface area contributed by atoms with E-state index >= 15 is 0 Å². The number of anilines is 1. The molecule has 0 amide bonds. The van der Waals surface area contributed by atoms with Crippen LogP contribution in [0.25, 0.3) is 0 Å². The van der Waals surface area contributed by atoms with Gasteiger partial charge in [0.25, 0.3) is 0 Å². The van der Waals surface area contributed by atoms with Gasteiger partial charge < -0.3 is 10.2 Å². The van der Waals surface area contributed by atoms with E-state index in [1.165, 1.54) is 70.3 Å². The number of nitrogens with one attached hydrogen (secondary N) is 1. The van der Waals surface area contributed by atoms with E-state index in [1.807, 2.05) is 0 Å². The van der Waals surface area contributed by atoms with E-state index < -0.39 is 0 Å². The van der Waals surface area contributed by atoms with Gasteiger partial charge in [0.05, 0.1) is 0 Å². The number of fused-ring (bicyclic) bond motifs is 3. The third kappa shape index (κ3) is 2.33. The van der Waals surface area contributed by atoms with Crippen LogP contribution in [0.5, 0.6) is 0 Å². The Balaban J connectivity index is 1.21. The summed E-state index contributed by atoms with van der Waals surface area (Å²) in [5, 5.41) is 3.66. The third-order valence-electron chi connectivity index (χ3n) is 7.60. The van der Waals surface area contributed by atoms with Crippen molar-refractivity contribution in [2.24, 2.45) is 17.8 Å². The first kappa shape index (κ1) is 14.3. The zero-order valence-electron chi connectivity index (χ0n) is 14.3. The zero-order chi connectivity index (χ0) is 15.3. The van der Waals surface area contributed by atoms with Crippen molar-refractivity contribution in [2.45, 2.75) is 50.4 Å². The molecule has 3 atom stereocenters. The van der Waals surface area contributed by atoms with Crippen LogP contribution < -0.4 is 5.32 Å². The van der Waals surface area contributed by atoms with Crippen molar-refractivity contribution in [3.05, 3.63) is 29.8 Å². The molecule has 3 unspecified atom stereocenters. The number of piperidine rings is 1. The van der Waals surface area contributed by atoms with Crippen molar-refractivity contribution < 1.29 is 0 Å². The Morgan fingerprint density at radius 1 is 1.09 bits per heavy atom. The highest BCUT2D eigenvalue weighted by atomic mass is 15.1. The summed E-state index contributed by atoms with van der Waals surface area (Å²) in [6, 6.07) is 9.01. The maximum Gasteiger partial charge on any atom is 0.0379 e. The third-order valence-corrected chi connectivity index (χ3v) is 7.60. The monoisotopic (exact) mass is 310 g/mol. The van der Waals surface area contributed by atoms with Crippen molar-refractivity contribution in [3.63, 3.8) is 0 Å². The molecule has 4 aliphatic rings. The summed E-state index contributed by atoms with van der Waals surface area (Å²) in [6.45, 7) is 5.18. The van der Waals surface area contributed by atoms with Gasteiger partial charge in [-0.15, -0.1) is 0 Å². The molecule has 0 bridgehead atoms. The van der Waals surface area contributed by atoms with Crippen molar-refractivity contribution in [1.82, 2.24) is 4.90 Å². The first-order valence-corrected chi connectivity index (χ1v) is 9.90. The highest BCUT2D eigenvalue weighted by Gasteiger charge is 2.45. The van der Waals surface area contributed by atoms with Crippen molar-refractivity contribution >= 4 is 5.69 Å². The summed E-state index contributed by atoms with van der Waals surface area (Å²) in [5.41, 5.74) is 3.42. The van der Waals surface area contributed by atoms with Gasteiger partial charge in [0, 0.05) is 24.2 Å². The molecule has 1 spiro atoms. The van der Waals surface area contributed by atoms with Gasteiger partial charge in [0.1, 0.15) is 0 Å². The molecule has 2 aliphatic heterocycles. The van der Waals surface area contributed by atoms with Gasteiger partial charge in [-0.1, -0.05) is 37.5 Å². The molecular weight excluding hydrogens is 280 g/mol. The maximum atomic E-state index is 3.66. The van der Waals surface area contributed by atoms with Crippen LogP contribution in [0.2, 0.25) is 0 Å². The van der Waals surface area contributed by atoms with Crippen LogP contribution in [-0.4, -0.2) is 31.1 Å². The summed E-state index contributed by atoms with van der Waals surface area (Å²) >= 11 is 0. The van der Waals surface area contributed by atoms with E-state index in [-0.39, 0.29) is 0 Å². The van der Waals surface area contributed by atoms with Crippen molar-refractivity contribution in [1.29, 1.82) is 0 Å². The fourth-order valence-electron chi connectivity index (χ4n) is 6.13. The summed E-state index contributed by atoms with van der Waals surface area (Å²) in [5.74, 6) is 3.23. The second-order valence-corrected chi connectivity index (χ2v) is 8.68. The predicted octanol–water partition coefficient (Wildman–Crippen LogP) is 4.27. The smallest absolute Gasteiger partial charge is 0.0379 e. The van der Waals surface area contributed by atoms with Gasteiger partial charge in [-0.2, -0.15) is 0 Å². The minimum Gasteiger partial charge on any atom is -0.384 e. The Hall–Kier alpha value is -1.02. The highest BCUT2D eigenvalue weighted by molar-refractivity contribution is 5.60. The van der Waals surface area contributed by atoms with Gasteiger partial charge in [-0.3, -0.25) is 0 Å². The zero-order valence-corrected chi connectivity index (χ0v) is 14.3. The van der Waals surface area contributed by atoms with Crippen molar-refractivity contribution in [3.8, 4) is 0 Å². The van der Waals surface area contributed by atoms with E-state index in [0.29, 0.717) is 5.41 Å². The van der Waals surface area contributed by atoms with Gasteiger partial charge in [-0.25, -0.2) is 0 Å². The normalized spacial score (nSPS) is 35.2. The van der Waals surface area contributed by atoms with Crippen LogP contribution in [0.4, 0.5) is 5.69 Å². The maximum absolute atomic E-state index is 3.66. The number of benzene rings is 1. The molecule has 23 heavy (non-hydrogen) atoms. The number of likely N-dealkylation sites (tertiary alicyclic amines) is 1. The van der Waals surface area contributed by atoms with Crippen LogP contribution in [0.15, 0.2) is 24.3 Å². The van der Waals surface area contributed by atoms with Crippen LogP contribution in [0.3, 0.4) is 0 Å². The van der Waals surface area contributed by atoms with Crippen LogP contribution in [0.1, 0.15) is 50.5 Å². The summed E-state index contributed by atoms with van der Waals surface area (Å²) < 4.78 is 0. The lowest BCUT2D eigenvalue weighted by Crippen LogP contribution is -2.49. The quantitative estimate of drug-likeness (QED) is 0.877. The average molecular weight is 310 g/mol. The second-order valence-electron chi connectivity index (χ2n) is 8.68. The van der Waals surface area contributed by atoms with Crippen LogP contribution in [0, 0.1) is 17.8 Å². The molecule has 2 aliphatic carbocycles. The van der Waals surface area contributed by atoms with E-state index in [0.717, 1.165) is 24.3 Å². The van der Waals surface area contributed by atoms with Crippen LogP contribution >= 0.6 is 0 Å². The van der Waals surface area contributed by atoms with Crippen LogP contribution in [-0.2, 0) is 5.41 Å². The van der Waals surface area contributed by atoms with E-state index in [9.17, 15) is 0 Å². The Bertz CT molecular complexity index is 573. The predicted molar refractivity (Wildman–Crippen MR) is 95.8 cm³/mol. The molecular formula is C21H30N2. The Morgan fingerprint density at radius 3 is 2.78 bits per heavy atom. The van der Waals surface area contributed by atoms with E-state index in [4.69, 9.17) is 0 Å². The van der Waals surface area contributed by atoms with Crippen molar-refractivity contribution in [2.75, 3.05) is 31.5 Å². The van der Waals surface area contributed by atoms with Gasteiger partial charge in [-0.05, 0) is 68.2 Å². The molecule has 1 aromatic carbocycles. The molecule has 1 aromatic rings. The fourth-order valence-corrected chi connectivity index (χ4v) is 6.13. The molecule has 1 N–H and O–H groups in total. The number of para-hydroxylation sites is 1. The minimum absolute atomic E-state index is 0.431. The first-order valence-electron chi connectivity index (χ1n) is 9.90. The summed E-state index contributed by atoms with van der Waals surface area (Å²) in [4.78, 5) is 2.79. The van der Waals surface area contributed by atoms with E-state index in [2.05, 4.69) is 34.5 Å². The molecule has 0 aromatic heterocycles. The minimum atomic E-state index is 0.431. The Kier molecular flexibility index (Phi) is 3.44. The molecule has 1 saturated heterocycles. The Morgan fingerprint density at radius 2 is 1.91 bits per heavy atom. The SMILES string of the molecule is c1ccc2c(c1)NCC21CCN(CC2CC3CCCCC32)CC1. The molecule has 2 heterocycles. The highest BCUT2D eigenvalue weighted by Crippen LogP contribution is 2.50.